The molecule has 2 rings (SSSR count). The van der Waals surface area contributed by atoms with Crippen molar-refractivity contribution in [2.24, 2.45) is 4.99 Å². The molecule has 1 aliphatic heterocycles. The summed E-state index contributed by atoms with van der Waals surface area (Å²) >= 11 is 1.29. The summed E-state index contributed by atoms with van der Waals surface area (Å²) in [4.78, 5) is 5.08. The molecule has 1 saturated heterocycles. The van der Waals surface area contributed by atoms with Gasteiger partial charge in [-0.2, -0.15) is 4.31 Å². The van der Waals surface area contributed by atoms with Gasteiger partial charge in [0.2, 0.25) is 0 Å². The second kappa shape index (κ2) is 8.09. The topological polar surface area (TPSA) is 83.0 Å². The SMILES string of the molecule is CN=C(NCc1ccc(S(=O)(=O)N2CCOCC2)s1)NC(C)C. The van der Waals surface area contributed by atoms with Crippen LogP contribution in [0.5, 0.6) is 0 Å². The lowest BCUT2D eigenvalue weighted by Crippen LogP contribution is -2.40. The Morgan fingerprint density at radius 2 is 2.09 bits per heavy atom. The quantitative estimate of drug-likeness (QED) is 0.601. The van der Waals surface area contributed by atoms with Crippen molar-refractivity contribution in [1.82, 2.24) is 14.9 Å². The third kappa shape index (κ3) is 4.90. The summed E-state index contributed by atoms with van der Waals surface area (Å²) in [5, 5.41) is 6.37. The van der Waals surface area contributed by atoms with Crippen molar-refractivity contribution in [3.63, 3.8) is 0 Å². The summed E-state index contributed by atoms with van der Waals surface area (Å²) in [5.74, 6) is 0.700. The van der Waals surface area contributed by atoms with Gasteiger partial charge in [0.25, 0.3) is 10.0 Å². The van der Waals surface area contributed by atoms with Crippen molar-refractivity contribution in [3.05, 3.63) is 17.0 Å². The average molecular weight is 361 g/mol. The molecule has 0 amide bonds. The van der Waals surface area contributed by atoms with Gasteiger partial charge in [0.05, 0.1) is 19.8 Å². The van der Waals surface area contributed by atoms with Crippen molar-refractivity contribution < 1.29 is 13.2 Å². The van der Waals surface area contributed by atoms with Crippen LogP contribution in [0.15, 0.2) is 21.3 Å². The van der Waals surface area contributed by atoms with Gasteiger partial charge in [0, 0.05) is 31.1 Å². The maximum Gasteiger partial charge on any atom is 0.252 e. The highest BCUT2D eigenvalue weighted by Gasteiger charge is 2.27. The van der Waals surface area contributed by atoms with E-state index in [1.54, 1.807) is 13.1 Å². The Morgan fingerprint density at radius 1 is 1.39 bits per heavy atom. The number of rotatable bonds is 5. The smallest absolute Gasteiger partial charge is 0.252 e. The van der Waals surface area contributed by atoms with Gasteiger partial charge in [-0.3, -0.25) is 4.99 Å². The van der Waals surface area contributed by atoms with Crippen molar-refractivity contribution >= 4 is 27.3 Å². The molecule has 23 heavy (non-hydrogen) atoms. The van der Waals surface area contributed by atoms with Crippen LogP contribution in [-0.4, -0.2) is 58.1 Å². The molecule has 0 bridgehead atoms. The van der Waals surface area contributed by atoms with Crippen LogP contribution in [0.1, 0.15) is 18.7 Å². The largest absolute Gasteiger partial charge is 0.379 e. The van der Waals surface area contributed by atoms with Gasteiger partial charge < -0.3 is 15.4 Å². The molecule has 0 aromatic carbocycles. The van der Waals surface area contributed by atoms with Gasteiger partial charge in [0.1, 0.15) is 4.21 Å². The predicted molar refractivity (Wildman–Crippen MR) is 92.4 cm³/mol. The van der Waals surface area contributed by atoms with E-state index in [2.05, 4.69) is 15.6 Å². The van der Waals surface area contributed by atoms with Gasteiger partial charge in [-0.1, -0.05) is 0 Å². The molecule has 0 atom stereocenters. The van der Waals surface area contributed by atoms with E-state index in [0.29, 0.717) is 43.0 Å². The molecule has 0 aliphatic carbocycles. The summed E-state index contributed by atoms with van der Waals surface area (Å²) < 4.78 is 32.2. The number of ether oxygens (including phenoxy) is 1. The Labute approximate surface area is 141 Å². The molecule has 1 aromatic heterocycles. The zero-order valence-electron chi connectivity index (χ0n) is 13.7. The van der Waals surface area contributed by atoms with Crippen LogP contribution in [0.2, 0.25) is 0 Å². The third-order valence-corrected chi connectivity index (χ3v) is 6.73. The fourth-order valence-corrected chi connectivity index (χ4v) is 5.00. The Kier molecular flexibility index (Phi) is 6.40. The van der Waals surface area contributed by atoms with Gasteiger partial charge >= 0.3 is 0 Å². The number of hydrogen-bond acceptors (Lipinski definition) is 5. The monoisotopic (exact) mass is 360 g/mol. The lowest BCUT2D eigenvalue weighted by molar-refractivity contribution is 0.0731. The van der Waals surface area contributed by atoms with Gasteiger partial charge in [-0.25, -0.2) is 8.42 Å². The van der Waals surface area contributed by atoms with E-state index >= 15 is 0 Å². The maximum atomic E-state index is 12.6. The highest BCUT2D eigenvalue weighted by molar-refractivity contribution is 7.91. The first-order chi connectivity index (χ1) is 10.9. The minimum Gasteiger partial charge on any atom is -0.379 e. The Hall–Kier alpha value is -1.16. The minimum atomic E-state index is -3.41. The molecule has 0 spiro atoms. The Balaban J connectivity index is 2.00. The van der Waals surface area contributed by atoms with Crippen LogP contribution in [0, 0.1) is 0 Å². The molecule has 0 saturated carbocycles. The van der Waals surface area contributed by atoms with E-state index in [1.165, 1.54) is 15.6 Å². The van der Waals surface area contributed by atoms with Crippen molar-refractivity contribution in [3.8, 4) is 0 Å². The number of sulfonamides is 1. The number of morpholine rings is 1. The highest BCUT2D eigenvalue weighted by Crippen LogP contribution is 2.25. The van der Waals surface area contributed by atoms with Gasteiger partial charge in [-0.05, 0) is 26.0 Å². The van der Waals surface area contributed by atoms with Crippen LogP contribution in [0.3, 0.4) is 0 Å². The zero-order chi connectivity index (χ0) is 16.9. The average Bonchev–Trinajstić information content (AvgIpc) is 3.01. The third-order valence-electron chi connectivity index (χ3n) is 3.28. The fraction of sp³-hybridized carbons (Fsp3) is 0.643. The van der Waals surface area contributed by atoms with Gasteiger partial charge in [0.15, 0.2) is 5.96 Å². The van der Waals surface area contributed by atoms with E-state index in [-0.39, 0.29) is 6.04 Å². The van der Waals surface area contributed by atoms with Crippen molar-refractivity contribution in [1.29, 1.82) is 0 Å². The number of nitrogens with one attached hydrogen (secondary N) is 2. The fourth-order valence-electron chi connectivity index (χ4n) is 2.14. The Bertz CT molecular complexity index is 634. The molecular weight excluding hydrogens is 336 g/mol. The summed E-state index contributed by atoms with van der Waals surface area (Å²) in [6.07, 6.45) is 0. The van der Waals surface area contributed by atoms with Crippen LogP contribution in [0.25, 0.3) is 0 Å². The molecule has 2 N–H and O–H groups in total. The van der Waals surface area contributed by atoms with E-state index in [1.807, 2.05) is 19.9 Å². The molecule has 7 nitrogen and oxygen atoms in total. The number of thiophene rings is 1. The number of guanidine groups is 1. The van der Waals surface area contributed by atoms with E-state index < -0.39 is 10.0 Å². The lowest BCUT2D eigenvalue weighted by atomic mass is 10.4. The van der Waals surface area contributed by atoms with E-state index in [9.17, 15) is 8.42 Å². The van der Waals surface area contributed by atoms with E-state index in [4.69, 9.17) is 4.74 Å². The van der Waals surface area contributed by atoms with Crippen LogP contribution >= 0.6 is 11.3 Å². The first kappa shape index (κ1) is 18.2. The zero-order valence-corrected chi connectivity index (χ0v) is 15.3. The number of aliphatic imine (C=N–C) groups is 1. The first-order valence-electron chi connectivity index (χ1n) is 7.57. The second-order valence-electron chi connectivity index (χ2n) is 5.46. The van der Waals surface area contributed by atoms with Crippen molar-refractivity contribution in [2.75, 3.05) is 33.4 Å². The van der Waals surface area contributed by atoms with Crippen LogP contribution in [0.4, 0.5) is 0 Å². The molecule has 1 aliphatic rings. The Morgan fingerprint density at radius 3 is 2.70 bits per heavy atom. The molecule has 9 heteroatoms. The first-order valence-corrected chi connectivity index (χ1v) is 9.83. The standard InChI is InChI=1S/C14H24N4O3S2/c1-11(2)17-14(15-3)16-10-12-4-5-13(22-12)23(19,20)18-6-8-21-9-7-18/h4-5,11H,6-10H2,1-3H3,(H2,15,16,17). The number of hydrogen-bond donors (Lipinski definition) is 2. The van der Waals surface area contributed by atoms with E-state index in [0.717, 1.165) is 4.88 Å². The van der Waals surface area contributed by atoms with Crippen LogP contribution in [-0.2, 0) is 21.3 Å². The summed E-state index contributed by atoms with van der Waals surface area (Å²) in [7, 11) is -1.70. The molecule has 1 fully saturated rings. The lowest BCUT2D eigenvalue weighted by Gasteiger charge is -2.25. The molecule has 2 heterocycles. The predicted octanol–water partition coefficient (Wildman–Crippen LogP) is 0.842. The molecule has 0 radical (unpaired) electrons. The minimum absolute atomic E-state index is 0.279. The van der Waals surface area contributed by atoms with Crippen molar-refractivity contribution in [2.45, 2.75) is 30.6 Å². The normalized spacial score (nSPS) is 17.5. The van der Waals surface area contributed by atoms with Crippen LogP contribution < -0.4 is 10.6 Å². The van der Waals surface area contributed by atoms with Gasteiger partial charge in [-0.15, -0.1) is 11.3 Å². The molecular formula is C14H24N4O3S2. The molecule has 0 unspecified atom stereocenters. The second-order valence-corrected chi connectivity index (χ2v) is 8.80. The molecule has 1 aromatic rings. The maximum absolute atomic E-state index is 12.6. The summed E-state index contributed by atoms with van der Waals surface area (Å²) in [5.41, 5.74) is 0. The highest BCUT2D eigenvalue weighted by atomic mass is 32.2. The summed E-state index contributed by atoms with van der Waals surface area (Å²) in [6.45, 7) is 6.34. The number of nitrogens with zero attached hydrogens (tertiary/aromatic N) is 2. The molecule has 130 valence electrons. The summed E-state index contributed by atoms with van der Waals surface area (Å²) in [6, 6.07) is 3.79.